The minimum absolute atomic E-state index is 0.146. The standard InChI is InChI=1S/C35H31N7O3/c1-21-16-28(23(3)38-30-7-5-4-6-27(30)35(44)45)33-39-32(22(2)34(43)42(33)20-21)41-14-12-40(13-15-41)31-11-9-25(19-37)29-17-24(18-36)8-10-26(29)31/h4-11,16-17,20,23,38H,12-15H2,1-3H3,(H,44,45). The molecule has 0 spiro atoms. The molecule has 0 amide bonds. The number of aromatic nitrogens is 2. The van der Waals surface area contributed by atoms with Gasteiger partial charge in [0.05, 0.1) is 40.4 Å². The van der Waals surface area contributed by atoms with Crippen LogP contribution in [0.3, 0.4) is 0 Å². The van der Waals surface area contributed by atoms with Crippen molar-refractivity contribution in [3.8, 4) is 12.1 Å². The third-order valence-corrected chi connectivity index (χ3v) is 8.45. The number of pyridine rings is 1. The fourth-order valence-corrected chi connectivity index (χ4v) is 6.15. The summed E-state index contributed by atoms with van der Waals surface area (Å²) in [5, 5.41) is 33.7. The first-order valence-electron chi connectivity index (χ1n) is 14.7. The maximum Gasteiger partial charge on any atom is 0.337 e. The van der Waals surface area contributed by atoms with Crippen LogP contribution in [-0.2, 0) is 0 Å². The summed E-state index contributed by atoms with van der Waals surface area (Å²) in [5.74, 6) is -0.391. The number of nitrogens with zero attached hydrogens (tertiary/aromatic N) is 6. The average Bonchev–Trinajstić information content (AvgIpc) is 3.05. The molecule has 224 valence electrons. The third-order valence-electron chi connectivity index (χ3n) is 8.45. The molecule has 10 heteroatoms. The summed E-state index contributed by atoms with van der Waals surface area (Å²) in [4.78, 5) is 35.0. The van der Waals surface area contributed by atoms with Crippen molar-refractivity contribution in [1.29, 1.82) is 10.5 Å². The summed E-state index contributed by atoms with van der Waals surface area (Å²) in [7, 11) is 0. The lowest BCUT2D eigenvalue weighted by molar-refractivity contribution is 0.0698. The number of fused-ring (bicyclic) bond motifs is 2. The number of carboxylic acid groups (broad SMARTS) is 1. The molecule has 2 aromatic heterocycles. The van der Waals surface area contributed by atoms with Gasteiger partial charge in [0.2, 0.25) is 0 Å². The lowest BCUT2D eigenvalue weighted by Crippen LogP contribution is -2.47. The Kier molecular flexibility index (Phi) is 7.57. The molecule has 0 saturated carbocycles. The zero-order valence-corrected chi connectivity index (χ0v) is 25.2. The van der Waals surface area contributed by atoms with Crippen LogP contribution >= 0.6 is 0 Å². The fourth-order valence-electron chi connectivity index (χ4n) is 6.15. The Bertz CT molecular complexity index is 2130. The second-order valence-electron chi connectivity index (χ2n) is 11.3. The third kappa shape index (κ3) is 5.28. The monoisotopic (exact) mass is 597 g/mol. The van der Waals surface area contributed by atoms with Crippen LogP contribution in [0.25, 0.3) is 16.4 Å². The lowest BCUT2D eigenvalue weighted by atomic mass is 10.00. The van der Waals surface area contributed by atoms with Crippen molar-refractivity contribution in [2.45, 2.75) is 26.8 Å². The largest absolute Gasteiger partial charge is 0.478 e. The van der Waals surface area contributed by atoms with Gasteiger partial charge in [0.15, 0.2) is 0 Å². The first-order valence-corrected chi connectivity index (χ1v) is 14.7. The highest BCUT2D eigenvalue weighted by atomic mass is 16.4. The van der Waals surface area contributed by atoms with E-state index in [1.807, 2.05) is 32.0 Å². The molecule has 6 rings (SSSR count). The van der Waals surface area contributed by atoms with E-state index in [4.69, 9.17) is 4.98 Å². The molecule has 2 N–H and O–H groups in total. The van der Waals surface area contributed by atoms with E-state index in [-0.39, 0.29) is 17.2 Å². The highest BCUT2D eigenvalue weighted by Crippen LogP contribution is 2.32. The maximum atomic E-state index is 13.7. The van der Waals surface area contributed by atoms with Gasteiger partial charge < -0.3 is 20.2 Å². The molecule has 5 aromatic rings. The number of aromatic carboxylic acids is 1. The van der Waals surface area contributed by atoms with Crippen LogP contribution in [0.1, 0.15) is 51.1 Å². The van der Waals surface area contributed by atoms with Gasteiger partial charge >= 0.3 is 5.97 Å². The fraction of sp³-hybridized carbons (Fsp3) is 0.229. The van der Waals surface area contributed by atoms with Gasteiger partial charge in [-0.15, -0.1) is 0 Å². The van der Waals surface area contributed by atoms with E-state index in [1.54, 1.807) is 60.0 Å². The molecule has 10 nitrogen and oxygen atoms in total. The van der Waals surface area contributed by atoms with Crippen LogP contribution in [0.2, 0.25) is 0 Å². The van der Waals surface area contributed by atoms with Gasteiger partial charge in [-0.3, -0.25) is 9.20 Å². The average molecular weight is 598 g/mol. The van der Waals surface area contributed by atoms with E-state index >= 15 is 0 Å². The number of nitriles is 2. The Morgan fingerprint density at radius 3 is 2.40 bits per heavy atom. The predicted molar refractivity (Wildman–Crippen MR) is 174 cm³/mol. The molecule has 45 heavy (non-hydrogen) atoms. The molecule has 1 fully saturated rings. The Labute approximate surface area is 260 Å². The van der Waals surface area contributed by atoms with Gasteiger partial charge in [0.25, 0.3) is 5.56 Å². The number of piperazine rings is 1. The first kappa shape index (κ1) is 29.2. The summed E-state index contributed by atoms with van der Waals surface area (Å²) in [6, 6.07) is 22.0. The molecule has 1 saturated heterocycles. The first-order chi connectivity index (χ1) is 21.7. The van der Waals surface area contributed by atoms with Crippen molar-refractivity contribution in [1.82, 2.24) is 9.38 Å². The van der Waals surface area contributed by atoms with Crippen LogP contribution < -0.4 is 20.7 Å². The minimum Gasteiger partial charge on any atom is -0.478 e. The summed E-state index contributed by atoms with van der Waals surface area (Å²) >= 11 is 0. The number of anilines is 3. The van der Waals surface area contributed by atoms with Gasteiger partial charge in [-0.2, -0.15) is 10.5 Å². The topological polar surface area (TPSA) is 138 Å². The zero-order chi connectivity index (χ0) is 31.8. The van der Waals surface area contributed by atoms with E-state index < -0.39 is 5.97 Å². The van der Waals surface area contributed by atoms with Crippen LogP contribution in [0.4, 0.5) is 17.2 Å². The maximum absolute atomic E-state index is 13.7. The summed E-state index contributed by atoms with van der Waals surface area (Å²) in [5.41, 5.74) is 5.30. The van der Waals surface area contributed by atoms with Crippen molar-refractivity contribution in [2.75, 3.05) is 41.3 Å². The van der Waals surface area contributed by atoms with Gasteiger partial charge in [-0.25, -0.2) is 9.78 Å². The summed E-state index contributed by atoms with van der Waals surface area (Å²) in [6.45, 7) is 8.25. The van der Waals surface area contributed by atoms with E-state index in [0.29, 0.717) is 60.0 Å². The second-order valence-corrected chi connectivity index (χ2v) is 11.3. The number of para-hydroxylation sites is 1. The molecule has 0 aliphatic carbocycles. The normalized spacial score (nSPS) is 13.8. The summed E-state index contributed by atoms with van der Waals surface area (Å²) in [6.07, 6.45) is 1.79. The number of hydrogen-bond acceptors (Lipinski definition) is 8. The van der Waals surface area contributed by atoms with Crippen LogP contribution in [0.15, 0.2) is 71.7 Å². The molecule has 1 aliphatic rings. The molecule has 3 heterocycles. The van der Waals surface area contributed by atoms with Gasteiger partial charge in [0.1, 0.15) is 11.5 Å². The Morgan fingerprint density at radius 2 is 1.69 bits per heavy atom. The number of carbonyl (C=O) groups is 1. The molecule has 1 atom stereocenters. The predicted octanol–water partition coefficient (Wildman–Crippen LogP) is 5.41. The zero-order valence-electron chi connectivity index (χ0n) is 25.2. The smallest absolute Gasteiger partial charge is 0.337 e. The lowest BCUT2D eigenvalue weighted by Gasteiger charge is -2.38. The molecule has 0 radical (unpaired) electrons. The SMILES string of the molecule is Cc1cc(C(C)Nc2ccccc2C(=O)O)c2nc(N3CCN(c4ccc(C#N)c5cc(C#N)ccc45)CC3)c(C)c(=O)n2c1. The number of hydrogen-bond donors (Lipinski definition) is 2. The van der Waals surface area contributed by atoms with Gasteiger partial charge in [0, 0.05) is 60.1 Å². The number of carboxylic acids is 1. The van der Waals surface area contributed by atoms with Crippen LogP contribution in [0, 0.1) is 36.5 Å². The molecule has 0 bridgehead atoms. The van der Waals surface area contributed by atoms with E-state index in [0.717, 1.165) is 27.6 Å². The summed E-state index contributed by atoms with van der Waals surface area (Å²) < 4.78 is 1.58. The Balaban J connectivity index is 1.33. The minimum atomic E-state index is -1.02. The van der Waals surface area contributed by atoms with E-state index in [2.05, 4.69) is 27.3 Å². The Morgan fingerprint density at radius 1 is 0.956 bits per heavy atom. The highest BCUT2D eigenvalue weighted by molar-refractivity contribution is 5.98. The van der Waals surface area contributed by atoms with E-state index in [1.165, 1.54) is 0 Å². The van der Waals surface area contributed by atoms with Crippen molar-refractivity contribution in [2.24, 2.45) is 0 Å². The van der Waals surface area contributed by atoms with Crippen molar-refractivity contribution < 1.29 is 9.90 Å². The Hall–Kier alpha value is -5.87. The number of benzene rings is 3. The molecule has 1 unspecified atom stereocenters. The van der Waals surface area contributed by atoms with Gasteiger partial charge in [-0.1, -0.05) is 18.2 Å². The molecule has 3 aromatic carbocycles. The van der Waals surface area contributed by atoms with Crippen molar-refractivity contribution >= 4 is 39.6 Å². The molecule has 1 aliphatic heterocycles. The number of nitrogens with one attached hydrogen (secondary N) is 1. The number of aryl methyl sites for hydroxylation is 1. The van der Waals surface area contributed by atoms with Crippen LogP contribution in [-0.4, -0.2) is 46.6 Å². The number of rotatable bonds is 6. The quantitative estimate of drug-likeness (QED) is 0.263. The van der Waals surface area contributed by atoms with Gasteiger partial charge in [-0.05, 0) is 68.8 Å². The van der Waals surface area contributed by atoms with Crippen molar-refractivity contribution in [3.63, 3.8) is 0 Å². The molecular weight excluding hydrogens is 566 g/mol. The second kappa shape index (κ2) is 11.7. The highest BCUT2D eigenvalue weighted by Gasteiger charge is 2.25. The van der Waals surface area contributed by atoms with Crippen molar-refractivity contribution in [3.05, 3.63) is 111 Å². The van der Waals surface area contributed by atoms with E-state index in [9.17, 15) is 25.2 Å². The van der Waals surface area contributed by atoms with Crippen LogP contribution in [0.5, 0.6) is 0 Å². The molecular formula is C35H31N7O3.